The van der Waals surface area contributed by atoms with E-state index in [1.54, 1.807) is 11.5 Å². The molecule has 0 bridgehead atoms. The van der Waals surface area contributed by atoms with E-state index in [4.69, 9.17) is 26.0 Å². The molecule has 2 rings (SSSR count). The van der Waals surface area contributed by atoms with Gasteiger partial charge in [-0.25, -0.2) is 4.98 Å². The zero-order valence-corrected chi connectivity index (χ0v) is 11.6. The Labute approximate surface area is 113 Å². The second-order valence-electron chi connectivity index (χ2n) is 4.31. The predicted octanol–water partition coefficient (Wildman–Crippen LogP) is -0.469. The standard InChI is InChI=1S/C9H15N6O4P/c1-5(19-4-20(16,17)18)2-15-3-12-6-7(10)13-9(11)14-8(6)15/h3,5H,2,4H2,1H3,(H2,16,17,18)(H4,10,11,13,14)/t5-/m0/s1. The van der Waals surface area contributed by atoms with Gasteiger partial charge in [0, 0.05) is 0 Å². The first-order chi connectivity index (χ1) is 9.26. The fourth-order valence-electron chi connectivity index (χ4n) is 1.67. The van der Waals surface area contributed by atoms with Crippen molar-refractivity contribution in [3.8, 4) is 0 Å². The van der Waals surface area contributed by atoms with Crippen molar-refractivity contribution in [3.05, 3.63) is 6.33 Å². The quantitative estimate of drug-likeness (QED) is 0.534. The second kappa shape index (κ2) is 5.33. The summed E-state index contributed by atoms with van der Waals surface area (Å²) in [5.41, 5.74) is 12.1. The zero-order chi connectivity index (χ0) is 14.9. The summed E-state index contributed by atoms with van der Waals surface area (Å²) in [5, 5.41) is 0. The summed E-state index contributed by atoms with van der Waals surface area (Å²) in [6, 6.07) is 0. The van der Waals surface area contributed by atoms with Gasteiger partial charge in [0.05, 0.1) is 19.0 Å². The van der Waals surface area contributed by atoms with Gasteiger partial charge < -0.3 is 30.6 Å². The van der Waals surface area contributed by atoms with Gasteiger partial charge in [-0.3, -0.25) is 4.57 Å². The van der Waals surface area contributed by atoms with E-state index in [2.05, 4.69) is 15.0 Å². The van der Waals surface area contributed by atoms with Gasteiger partial charge >= 0.3 is 7.60 Å². The third-order valence-corrected chi connectivity index (χ3v) is 2.97. The number of ether oxygens (including phenoxy) is 1. The molecule has 6 N–H and O–H groups in total. The topological polar surface area (TPSA) is 162 Å². The van der Waals surface area contributed by atoms with Crippen LogP contribution in [0.2, 0.25) is 0 Å². The normalized spacial score (nSPS) is 13.8. The molecule has 0 aliphatic heterocycles. The molecule has 0 amide bonds. The van der Waals surface area contributed by atoms with E-state index < -0.39 is 20.0 Å². The molecule has 0 saturated heterocycles. The van der Waals surface area contributed by atoms with Crippen LogP contribution in [0.3, 0.4) is 0 Å². The maximum atomic E-state index is 10.7. The van der Waals surface area contributed by atoms with Crippen LogP contribution in [0, 0.1) is 0 Å². The minimum Gasteiger partial charge on any atom is -0.382 e. The lowest BCUT2D eigenvalue weighted by atomic mass is 10.4. The van der Waals surface area contributed by atoms with E-state index in [1.165, 1.54) is 6.33 Å². The Kier molecular flexibility index (Phi) is 3.91. The highest BCUT2D eigenvalue weighted by molar-refractivity contribution is 7.51. The van der Waals surface area contributed by atoms with Crippen molar-refractivity contribution in [3.63, 3.8) is 0 Å². The lowest BCUT2D eigenvalue weighted by molar-refractivity contribution is 0.0764. The number of hydrogen-bond acceptors (Lipinski definition) is 7. The highest BCUT2D eigenvalue weighted by Crippen LogP contribution is 2.34. The summed E-state index contributed by atoms with van der Waals surface area (Å²) in [6.07, 6.45) is 0.407. The van der Waals surface area contributed by atoms with Crippen LogP contribution in [0.15, 0.2) is 6.33 Å². The molecule has 0 radical (unpaired) electrons. The molecule has 0 saturated carbocycles. The van der Waals surface area contributed by atoms with Crippen LogP contribution < -0.4 is 11.5 Å². The van der Waals surface area contributed by atoms with Crippen LogP contribution in [-0.2, 0) is 15.8 Å². The van der Waals surface area contributed by atoms with Crippen LogP contribution in [0.4, 0.5) is 11.8 Å². The van der Waals surface area contributed by atoms with E-state index in [1.807, 2.05) is 0 Å². The van der Waals surface area contributed by atoms with E-state index >= 15 is 0 Å². The molecule has 1 atom stereocenters. The van der Waals surface area contributed by atoms with Crippen molar-refractivity contribution in [1.82, 2.24) is 19.5 Å². The fraction of sp³-hybridized carbons (Fsp3) is 0.444. The largest absolute Gasteiger partial charge is 0.382 e. The summed E-state index contributed by atoms with van der Waals surface area (Å²) >= 11 is 0. The third-order valence-electron chi connectivity index (χ3n) is 2.49. The number of anilines is 2. The second-order valence-corrected chi connectivity index (χ2v) is 5.89. The SMILES string of the molecule is C[C@@H](Cn1cnc2c(N)nc(N)nc21)OCP(=O)(O)O. The monoisotopic (exact) mass is 302 g/mol. The lowest BCUT2D eigenvalue weighted by Crippen LogP contribution is -2.17. The molecule has 0 unspecified atom stereocenters. The number of nitrogens with two attached hydrogens (primary N) is 2. The molecule has 0 aliphatic rings. The highest BCUT2D eigenvalue weighted by Gasteiger charge is 2.17. The summed E-state index contributed by atoms with van der Waals surface area (Å²) in [7, 11) is -4.19. The average Bonchev–Trinajstić information content (AvgIpc) is 2.69. The van der Waals surface area contributed by atoms with E-state index in [9.17, 15) is 4.57 Å². The average molecular weight is 302 g/mol. The first-order valence-corrected chi connectivity index (χ1v) is 7.46. The Hall–Kier alpha value is -1.74. The maximum absolute atomic E-state index is 10.7. The Bertz CT molecular complexity index is 668. The van der Waals surface area contributed by atoms with Crippen LogP contribution in [-0.4, -0.2) is 41.8 Å². The van der Waals surface area contributed by atoms with Gasteiger partial charge in [0.25, 0.3) is 0 Å². The molecule has 0 aromatic carbocycles. The summed E-state index contributed by atoms with van der Waals surface area (Å²) < 4.78 is 17.4. The third kappa shape index (κ3) is 3.42. The van der Waals surface area contributed by atoms with Crippen molar-refractivity contribution in [2.75, 3.05) is 17.8 Å². The van der Waals surface area contributed by atoms with Crippen molar-refractivity contribution in [2.45, 2.75) is 19.6 Å². The van der Waals surface area contributed by atoms with Crippen LogP contribution >= 0.6 is 7.60 Å². The molecule has 110 valence electrons. The Balaban J connectivity index is 2.16. The van der Waals surface area contributed by atoms with E-state index in [-0.39, 0.29) is 11.8 Å². The molecule has 10 nitrogen and oxygen atoms in total. The van der Waals surface area contributed by atoms with Crippen LogP contribution in [0.5, 0.6) is 0 Å². The summed E-state index contributed by atoms with van der Waals surface area (Å²) in [4.78, 5) is 29.4. The minimum atomic E-state index is -4.19. The fourth-order valence-corrected chi connectivity index (χ4v) is 2.12. The molecule has 20 heavy (non-hydrogen) atoms. The van der Waals surface area contributed by atoms with Gasteiger partial charge in [0.1, 0.15) is 11.9 Å². The Morgan fingerprint density at radius 3 is 2.80 bits per heavy atom. The Morgan fingerprint density at radius 2 is 2.15 bits per heavy atom. The molecule has 2 heterocycles. The van der Waals surface area contributed by atoms with Gasteiger partial charge in [-0.15, -0.1) is 0 Å². The number of rotatable bonds is 5. The van der Waals surface area contributed by atoms with Gasteiger partial charge in [0.15, 0.2) is 11.5 Å². The number of hydrogen-bond donors (Lipinski definition) is 4. The molecular formula is C9H15N6O4P. The molecule has 0 aliphatic carbocycles. The first-order valence-electron chi connectivity index (χ1n) is 5.66. The smallest absolute Gasteiger partial charge is 0.350 e. The lowest BCUT2D eigenvalue weighted by Gasteiger charge is -2.14. The number of nitrogen functional groups attached to an aromatic ring is 2. The number of imidazole rings is 1. The summed E-state index contributed by atoms with van der Waals surface area (Å²) in [6.45, 7) is 1.97. The Morgan fingerprint density at radius 1 is 1.45 bits per heavy atom. The van der Waals surface area contributed by atoms with Gasteiger partial charge in [-0.2, -0.15) is 9.97 Å². The molecule has 0 fully saturated rings. The van der Waals surface area contributed by atoms with Gasteiger partial charge in [-0.1, -0.05) is 0 Å². The van der Waals surface area contributed by atoms with Crippen LogP contribution in [0.1, 0.15) is 6.92 Å². The predicted molar refractivity (Wildman–Crippen MR) is 71.6 cm³/mol. The number of aromatic nitrogens is 4. The molecule has 0 spiro atoms. The first kappa shape index (κ1) is 14.7. The highest BCUT2D eigenvalue weighted by atomic mass is 31.2. The maximum Gasteiger partial charge on any atom is 0.350 e. The van der Waals surface area contributed by atoms with Crippen LogP contribution in [0.25, 0.3) is 11.2 Å². The molecule has 2 aromatic heterocycles. The van der Waals surface area contributed by atoms with Gasteiger partial charge in [0.2, 0.25) is 5.95 Å². The van der Waals surface area contributed by atoms with E-state index in [0.717, 1.165) is 0 Å². The van der Waals surface area contributed by atoms with Crippen molar-refractivity contribution < 1.29 is 19.1 Å². The molecular weight excluding hydrogens is 287 g/mol. The van der Waals surface area contributed by atoms with Crippen molar-refractivity contribution in [2.24, 2.45) is 0 Å². The molecule has 2 aromatic rings. The zero-order valence-electron chi connectivity index (χ0n) is 10.7. The van der Waals surface area contributed by atoms with Crippen molar-refractivity contribution >= 4 is 30.5 Å². The number of fused-ring (bicyclic) bond motifs is 1. The van der Waals surface area contributed by atoms with E-state index in [0.29, 0.717) is 17.7 Å². The molecule has 11 heteroatoms. The van der Waals surface area contributed by atoms with Crippen molar-refractivity contribution in [1.29, 1.82) is 0 Å². The summed E-state index contributed by atoms with van der Waals surface area (Å²) in [5.74, 6) is 0.204. The number of nitrogens with zero attached hydrogens (tertiary/aromatic N) is 4. The minimum absolute atomic E-state index is 0.0283. The van der Waals surface area contributed by atoms with Gasteiger partial charge in [-0.05, 0) is 6.92 Å².